The molecule has 0 saturated carbocycles. The number of benzene rings is 1. The second-order valence-corrected chi connectivity index (χ2v) is 5.69. The Kier molecular flexibility index (Phi) is 3.17. The molecule has 0 radical (unpaired) electrons. The average Bonchev–Trinajstić information content (AvgIpc) is 2.70. The van der Waals surface area contributed by atoms with Crippen LogP contribution >= 0.6 is 0 Å². The van der Waals surface area contributed by atoms with E-state index in [-0.39, 0.29) is 0 Å². The molecule has 0 spiro atoms. The van der Waals surface area contributed by atoms with Gasteiger partial charge in [0.15, 0.2) is 0 Å². The third kappa shape index (κ3) is 2.43. The summed E-state index contributed by atoms with van der Waals surface area (Å²) in [4.78, 5) is 7.33. The van der Waals surface area contributed by atoms with Crippen molar-refractivity contribution < 1.29 is 0 Å². The largest absolute Gasteiger partial charge is 0.294 e. The molecule has 2 heterocycles. The number of rotatable bonds is 2. The lowest BCUT2D eigenvalue weighted by Crippen LogP contribution is -2.29. The van der Waals surface area contributed by atoms with Crippen molar-refractivity contribution in [2.24, 2.45) is 0 Å². The van der Waals surface area contributed by atoms with Gasteiger partial charge < -0.3 is 0 Å². The Hall–Kier alpha value is -2.19. The van der Waals surface area contributed by atoms with E-state index in [9.17, 15) is 0 Å². The zero-order chi connectivity index (χ0) is 14.1. The van der Waals surface area contributed by atoms with Gasteiger partial charge in [-0.1, -0.05) is 54.6 Å². The van der Waals surface area contributed by atoms with Crippen molar-refractivity contribution in [3.63, 3.8) is 0 Å². The van der Waals surface area contributed by atoms with Gasteiger partial charge in [-0.15, -0.1) is 0 Å². The fourth-order valence-electron chi connectivity index (χ4n) is 3.19. The summed E-state index contributed by atoms with van der Waals surface area (Å²) in [6.45, 7) is 3.12. The van der Waals surface area contributed by atoms with Crippen LogP contribution in [0.2, 0.25) is 0 Å². The van der Waals surface area contributed by atoms with E-state index in [2.05, 4.69) is 65.6 Å². The van der Waals surface area contributed by atoms with E-state index in [0.717, 1.165) is 31.7 Å². The molecule has 0 fully saturated rings. The monoisotopic (exact) mass is 274 g/mol. The molecule has 0 aromatic heterocycles. The molecule has 3 aliphatic rings. The fourth-order valence-corrected chi connectivity index (χ4v) is 3.19. The molecular formula is C19H18N2. The summed E-state index contributed by atoms with van der Waals surface area (Å²) >= 11 is 0. The van der Waals surface area contributed by atoms with Crippen LogP contribution in [0.5, 0.6) is 0 Å². The number of hydrogen-bond acceptors (Lipinski definition) is 2. The van der Waals surface area contributed by atoms with Crippen LogP contribution in [0, 0.1) is 0 Å². The van der Waals surface area contributed by atoms with Gasteiger partial charge in [0, 0.05) is 37.3 Å². The van der Waals surface area contributed by atoms with Crippen LogP contribution in [-0.4, -0.2) is 16.4 Å². The van der Waals surface area contributed by atoms with Crippen molar-refractivity contribution in [2.75, 3.05) is 6.54 Å². The van der Waals surface area contributed by atoms with Crippen LogP contribution in [-0.2, 0) is 19.5 Å². The van der Waals surface area contributed by atoms with E-state index in [1.165, 1.54) is 22.4 Å². The SMILES string of the molecule is c1ccc(CN2CCc3nc4cccccc-4c3C2)cc1. The Morgan fingerprint density at radius 1 is 0.905 bits per heavy atom. The minimum Gasteiger partial charge on any atom is -0.294 e. The molecule has 0 saturated heterocycles. The molecule has 0 unspecified atom stereocenters. The first-order valence-electron chi connectivity index (χ1n) is 7.53. The molecule has 104 valence electrons. The van der Waals surface area contributed by atoms with Crippen LogP contribution in [0.3, 0.4) is 0 Å². The predicted octanol–water partition coefficient (Wildman–Crippen LogP) is 3.74. The summed E-state index contributed by atoms with van der Waals surface area (Å²) in [5.74, 6) is 0. The molecule has 1 aromatic carbocycles. The average molecular weight is 274 g/mol. The van der Waals surface area contributed by atoms with Crippen LogP contribution in [0.1, 0.15) is 16.8 Å². The third-order valence-electron chi connectivity index (χ3n) is 4.24. The highest BCUT2D eigenvalue weighted by atomic mass is 15.1. The summed E-state index contributed by atoms with van der Waals surface area (Å²) in [6.07, 6.45) is 1.06. The smallest absolute Gasteiger partial charge is 0.0709 e. The lowest BCUT2D eigenvalue weighted by atomic mass is 10.0. The zero-order valence-corrected chi connectivity index (χ0v) is 12.0. The van der Waals surface area contributed by atoms with Crippen molar-refractivity contribution in [3.8, 4) is 11.3 Å². The molecule has 1 aromatic rings. The first-order chi connectivity index (χ1) is 10.4. The van der Waals surface area contributed by atoms with Gasteiger partial charge in [0.1, 0.15) is 0 Å². The lowest BCUT2D eigenvalue weighted by Gasteiger charge is -2.26. The lowest BCUT2D eigenvalue weighted by molar-refractivity contribution is 0.245. The van der Waals surface area contributed by atoms with Crippen molar-refractivity contribution in [1.82, 2.24) is 9.88 Å². The maximum Gasteiger partial charge on any atom is 0.0709 e. The number of hydrogen-bond donors (Lipinski definition) is 0. The Morgan fingerprint density at radius 3 is 2.52 bits per heavy atom. The van der Waals surface area contributed by atoms with Crippen molar-refractivity contribution in [1.29, 1.82) is 0 Å². The zero-order valence-electron chi connectivity index (χ0n) is 12.0. The Morgan fingerprint density at radius 2 is 1.67 bits per heavy atom. The fraction of sp³-hybridized carbons (Fsp3) is 0.211. The second kappa shape index (κ2) is 5.30. The maximum atomic E-state index is 4.81. The molecule has 4 rings (SSSR count). The molecule has 0 atom stereocenters. The van der Waals surface area contributed by atoms with Gasteiger partial charge in [0.2, 0.25) is 0 Å². The van der Waals surface area contributed by atoms with Gasteiger partial charge in [-0.05, 0) is 17.2 Å². The number of fused-ring (bicyclic) bond motifs is 3. The van der Waals surface area contributed by atoms with E-state index in [0.29, 0.717) is 0 Å². The highest BCUT2D eigenvalue weighted by Crippen LogP contribution is 2.32. The van der Waals surface area contributed by atoms with Crippen molar-refractivity contribution >= 4 is 0 Å². The highest BCUT2D eigenvalue weighted by molar-refractivity contribution is 5.67. The van der Waals surface area contributed by atoms with Gasteiger partial charge in [-0.3, -0.25) is 9.88 Å². The minimum absolute atomic E-state index is 1.00. The van der Waals surface area contributed by atoms with E-state index in [1.807, 2.05) is 0 Å². The normalized spacial score (nSPS) is 15.0. The molecule has 21 heavy (non-hydrogen) atoms. The standard InChI is InChI=1S/C19H18N2/c1-3-7-15(8-4-1)13-21-12-11-19-17(14-21)16-9-5-2-6-10-18(16)20-19/h1-10H,11-14H2. The Labute approximate surface area is 125 Å². The van der Waals surface area contributed by atoms with Crippen LogP contribution in [0.25, 0.3) is 11.3 Å². The molecule has 2 aliphatic heterocycles. The van der Waals surface area contributed by atoms with E-state index >= 15 is 0 Å². The predicted molar refractivity (Wildman–Crippen MR) is 85.1 cm³/mol. The molecule has 0 amide bonds. The van der Waals surface area contributed by atoms with Gasteiger partial charge in [0.25, 0.3) is 0 Å². The molecular weight excluding hydrogens is 256 g/mol. The van der Waals surface area contributed by atoms with Gasteiger partial charge >= 0.3 is 0 Å². The van der Waals surface area contributed by atoms with Gasteiger partial charge in [-0.25, -0.2) is 0 Å². The molecule has 2 nitrogen and oxygen atoms in total. The summed E-state index contributed by atoms with van der Waals surface area (Å²) in [7, 11) is 0. The molecule has 2 heteroatoms. The van der Waals surface area contributed by atoms with Crippen LogP contribution in [0.15, 0.2) is 60.7 Å². The van der Waals surface area contributed by atoms with E-state index < -0.39 is 0 Å². The Bertz CT molecular complexity index is 721. The Balaban J connectivity index is 1.62. The van der Waals surface area contributed by atoms with Crippen LogP contribution < -0.4 is 0 Å². The molecule has 0 N–H and O–H groups in total. The topological polar surface area (TPSA) is 16.1 Å². The first-order valence-corrected chi connectivity index (χ1v) is 7.53. The number of aromatic nitrogens is 1. The van der Waals surface area contributed by atoms with Gasteiger partial charge in [0.05, 0.1) is 5.69 Å². The van der Waals surface area contributed by atoms with Gasteiger partial charge in [-0.2, -0.15) is 0 Å². The highest BCUT2D eigenvalue weighted by Gasteiger charge is 2.23. The third-order valence-corrected chi connectivity index (χ3v) is 4.24. The molecule has 0 bridgehead atoms. The van der Waals surface area contributed by atoms with E-state index in [1.54, 1.807) is 0 Å². The summed E-state index contributed by atoms with van der Waals surface area (Å²) < 4.78 is 0. The first kappa shape index (κ1) is 12.5. The minimum atomic E-state index is 1.00. The maximum absolute atomic E-state index is 4.81. The number of nitrogens with zero attached hydrogens (tertiary/aromatic N) is 2. The summed E-state index contributed by atoms with van der Waals surface area (Å²) in [5, 5.41) is 0. The van der Waals surface area contributed by atoms with Crippen LogP contribution in [0.4, 0.5) is 0 Å². The summed E-state index contributed by atoms with van der Waals surface area (Å²) in [6, 6.07) is 21.3. The second-order valence-electron chi connectivity index (χ2n) is 5.69. The summed E-state index contributed by atoms with van der Waals surface area (Å²) in [5.41, 5.74) is 6.54. The molecule has 1 aliphatic carbocycles. The quantitative estimate of drug-likeness (QED) is 0.707. The van der Waals surface area contributed by atoms with E-state index in [4.69, 9.17) is 4.98 Å². The van der Waals surface area contributed by atoms with Crippen molar-refractivity contribution in [2.45, 2.75) is 19.5 Å². The van der Waals surface area contributed by atoms with Crippen molar-refractivity contribution in [3.05, 3.63) is 77.5 Å².